The molecule has 0 radical (unpaired) electrons. The van der Waals surface area contributed by atoms with E-state index in [0.717, 1.165) is 12.3 Å². The van der Waals surface area contributed by atoms with Crippen LogP contribution >= 0.6 is 0 Å². The second-order valence-electron chi connectivity index (χ2n) is 4.89. The number of benzene rings is 1. The van der Waals surface area contributed by atoms with Gasteiger partial charge in [-0.3, -0.25) is 0 Å². The molecule has 0 aromatic heterocycles. The molecule has 3 N–H and O–H groups in total. The fourth-order valence-electron chi connectivity index (χ4n) is 1.82. The Morgan fingerprint density at radius 2 is 1.94 bits per heavy atom. The highest BCUT2D eigenvalue weighted by molar-refractivity contribution is 5.53. The molecular formula is C14H23NO. The molecule has 0 aliphatic rings. The summed E-state index contributed by atoms with van der Waals surface area (Å²) in [4.78, 5) is 0. The summed E-state index contributed by atoms with van der Waals surface area (Å²) in [6.45, 7) is 4.53. The van der Waals surface area contributed by atoms with Crippen LogP contribution in [0.15, 0.2) is 18.2 Å². The first-order valence-electron chi connectivity index (χ1n) is 6.17. The van der Waals surface area contributed by atoms with Crippen molar-refractivity contribution in [1.29, 1.82) is 0 Å². The maximum Gasteiger partial charge on any atom is 0.138 e. The molecular weight excluding hydrogens is 198 g/mol. The number of phenolic OH excluding ortho intramolecular Hbond substituents is 1. The highest BCUT2D eigenvalue weighted by atomic mass is 16.3. The van der Waals surface area contributed by atoms with Crippen LogP contribution in [0.2, 0.25) is 0 Å². The molecule has 0 aliphatic carbocycles. The summed E-state index contributed by atoms with van der Waals surface area (Å²) in [6, 6.07) is 5.50. The van der Waals surface area contributed by atoms with E-state index in [0.29, 0.717) is 5.69 Å². The standard InChI is InChI=1S/C14H23NO/c1-11(2)6-4-3-5-7-12-8-9-14(16)13(15)10-12/h8-11,16H,3-7,15H2,1-2H3. The van der Waals surface area contributed by atoms with Crippen molar-refractivity contribution in [2.45, 2.75) is 46.0 Å². The lowest BCUT2D eigenvalue weighted by Crippen LogP contribution is -1.92. The van der Waals surface area contributed by atoms with Gasteiger partial charge in [0.2, 0.25) is 0 Å². The summed E-state index contributed by atoms with van der Waals surface area (Å²) in [7, 11) is 0. The lowest BCUT2D eigenvalue weighted by Gasteiger charge is -2.06. The van der Waals surface area contributed by atoms with E-state index >= 15 is 0 Å². The number of phenols is 1. The van der Waals surface area contributed by atoms with Crippen LogP contribution in [-0.2, 0) is 6.42 Å². The predicted octanol–water partition coefficient (Wildman–Crippen LogP) is 3.73. The summed E-state index contributed by atoms with van der Waals surface area (Å²) < 4.78 is 0. The van der Waals surface area contributed by atoms with Gasteiger partial charge >= 0.3 is 0 Å². The van der Waals surface area contributed by atoms with E-state index in [9.17, 15) is 5.11 Å². The van der Waals surface area contributed by atoms with E-state index < -0.39 is 0 Å². The molecule has 2 heteroatoms. The third kappa shape index (κ3) is 4.56. The van der Waals surface area contributed by atoms with Crippen LogP contribution in [0.5, 0.6) is 5.75 Å². The van der Waals surface area contributed by atoms with Gasteiger partial charge in [-0.05, 0) is 36.5 Å². The molecule has 1 aromatic carbocycles. The summed E-state index contributed by atoms with van der Waals surface area (Å²) in [5, 5.41) is 9.29. The van der Waals surface area contributed by atoms with Crippen molar-refractivity contribution >= 4 is 5.69 Å². The maximum atomic E-state index is 9.29. The molecule has 0 saturated carbocycles. The molecule has 0 aliphatic heterocycles. The monoisotopic (exact) mass is 221 g/mol. The highest BCUT2D eigenvalue weighted by Crippen LogP contribution is 2.21. The van der Waals surface area contributed by atoms with Crippen LogP contribution in [0.25, 0.3) is 0 Å². The third-order valence-corrected chi connectivity index (χ3v) is 2.84. The number of nitrogens with two attached hydrogens (primary N) is 1. The van der Waals surface area contributed by atoms with E-state index in [2.05, 4.69) is 13.8 Å². The molecule has 0 spiro atoms. The number of aromatic hydroxyl groups is 1. The van der Waals surface area contributed by atoms with E-state index in [4.69, 9.17) is 5.73 Å². The van der Waals surface area contributed by atoms with Crippen LogP contribution in [0.4, 0.5) is 5.69 Å². The molecule has 0 amide bonds. The van der Waals surface area contributed by atoms with Crippen molar-refractivity contribution in [2.75, 3.05) is 5.73 Å². The molecule has 1 aromatic rings. The minimum atomic E-state index is 0.184. The third-order valence-electron chi connectivity index (χ3n) is 2.84. The van der Waals surface area contributed by atoms with Gasteiger partial charge in [-0.25, -0.2) is 0 Å². The Labute approximate surface area is 98.5 Å². The minimum absolute atomic E-state index is 0.184. The van der Waals surface area contributed by atoms with Gasteiger partial charge in [0.25, 0.3) is 0 Å². The molecule has 2 nitrogen and oxygen atoms in total. The summed E-state index contributed by atoms with van der Waals surface area (Å²) >= 11 is 0. The Bertz CT molecular complexity index is 321. The average molecular weight is 221 g/mol. The molecule has 16 heavy (non-hydrogen) atoms. The van der Waals surface area contributed by atoms with E-state index in [1.54, 1.807) is 6.07 Å². The Kier molecular flexibility index (Phi) is 5.17. The molecule has 0 unspecified atom stereocenters. The van der Waals surface area contributed by atoms with Crippen LogP contribution in [0.3, 0.4) is 0 Å². The maximum absolute atomic E-state index is 9.29. The number of unbranched alkanes of at least 4 members (excludes halogenated alkanes) is 2. The molecule has 0 atom stereocenters. The molecule has 1 rings (SSSR count). The highest BCUT2D eigenvalue weighted by Gasteiger charge is 1.99. The van der Waals surface area contributed by atoms with E-state index in [1.807, 2.05) is 12.1 Å². The van der Waals surface area contributed by atoms with Crippen LogP contribution in [0.1, 0.15) is 45.1 Å². The Balaban J connectivity index is 2.24. The molecule has 90 valence electrons. The number of hydrogen-bond acceptors (Lipinski definition) is 2. The zero-order chi connectivity index (χ0) is 12.0. The van der Waals surface area contributed by atoms with E-state index in [1.165, 1.54) is 31.2 Å². The predicted molar refractivity (Wildman–Crippen MR) is 69.5 cm³/mol. The average Bonchev–Trinajstić information content (AvgIpc) is 2.22. The number of hydrogen-bond donors (Lipinski definition) is 2. The molecule has 0 saturated heterocycles. The van der Waals surface area contributed by atoms with Gasteiger partial charge in [0.15, 0.2) is 0 Å². The van der Waals surface area contributed by atoms with Gasteiger partial charge < -0.3 is 10.8 Å². The van der Waals surface area contributed by atoms with Crippen LogP contribution < -0.4 is 5.73 Å². The first kappa shape index (κ1) is 12.9. The van der Waals surface area contributed by atoms with Crippen molar-refractivity contribution in [2.24, 2.45) is 5.92 Å². The SMILES string of the molecule is CC(C)CCCCCc1ccc(O)c(N)c1. The fourth-order valence-corrected chi connectivity index (χ4v) is 1.82. The zero-order valence-electron chi connectivity index (χ0n) is 10.4. The van der Waals surface area contributed by atoms with Crippen LogP contribution in [-0.4, -0.2) is 5.11 Å². The number of anilines is 1. The van der Waals surface area contributed by atoms with Gasteiger partial charge in [0.05, 0.1) is 5.69 Å². The first-order valence-corrected chi connectivity index (χ1v) is 6.17. The smallest absolute Gasteiger partial charge is 0.138 e. The number of aryl methyl sites for hydroxylation is 1. The van der Waals surface area contributed by atoms with Gasteiger partial charge in [-0.2, -0.15) is 0 Å². The summed E-state index contributed by atoms with van der Waals surface area (Å²) in [5.41, 5.74) is 7.35. The van der Waals surface area contributed by atoms with Crippen LogP contribution in [0, 0.1) is 5.92 Å². The second-order valence-corrected chi connectivity index (χ2v) is 4.89. The van der Waals surface area contributed by atoms with E-state index in [-0.39, 0.29) is 5.75 Å². The lowest BCUT2D eigenvalue weighted by atomic mass is 10.0. The Morgan fingerprint density at radius 3 is 2.56 bits per heavy atom. The van der Waals surface area contributed by atoms with Crippen molar-refractivity contribution < 1.29 is 5.11 Å². The molecule has 0 heterocycles. The normalized spacial score (nSPS) is 10.9. The fraction of sp³-hybridized carbons (Fsp3) is 0.571. The Morgan fingerprint density at radius 1 is 1.19 bits per heavy atom. The topological polar surface area (TPSA) is 46.2 Å². The van der Waals surface area contributed by atoms with Crippen molar-refractivity contribution in [3.05, 3.63) is 23.8 Å². The molecule has 0 bridgehead atoms. The second kappa shape index (κ2) is 6.41. The van der Waals surface area contributed by atoms with Gasteiger partial charge in [0, 0.05) is 0 Å². The van der Waals surface area contributed by atoms with Crippen molar-refractivity contribution in [1.82, 2.24) is 0 Å². The number of nitrogen functional groups attached to an aromatic ring is 1. The quantitative estimate of drug-likeness (QED) is 0.437. The Hall–Kier alpha value is -1.18. The molecule has 0 fully saturated rings. The zero-order valence-corrected chi connectivity index (χ0v) is 10.4. The van der Waals surface area contributed by atoms with Gasteiger partial charge in [-0.15, -0.1) is 0 Å². The van der Waals surface area contributed by atoms with Gasteiger partial charge in [0.1, 0.15) is 5.75 Å². The number of rotatable bonds is 6. The van der Waals surface area contributed by atoms with Crippen molar-refractivity contribution in [3.63, 3.8) is 0 Å². The van der Waals surface area contributed by atoms with Crippen molar-refractivity contribution in [3.8, 4) is 5.75 Å². The minimum Gasteiger partial charge on any atom is -0.506 e. The first-order chi connectivity index (χ1) is 7.59. The summed E-state index contributed by atoms with van der Waals surface area (Å²) in [6.07, 6.45) is 6.17. The largest absolute Gasteiger partial charge is 0.506 e. The van der Waals surface area contributed by atoms with Gasteiger partial charge in [-0.1, -0.05) is 39.2 Å². The lowest BCUT2D eigenvalue weighted by molar-refractivity contribution is 0.477. The summed E-state index contributed by atoms with van der Waals surface area (Å²) in [5.74, 6) is 0.993.